The predicted octanol–water partition coefficient (Wildman–Crippen LogP) is 2.61. The molecule has 4 heteroatoms. The van der Waals surface area contributed by atoms with Crippen LogP contribution >= 0.6 is 15.9 Å². The van der Waals surface area contributed by atoms with Crippen molar-refractivity contribution in [3.8, 4) is 11.3 Å². The Balaban J connectivity index is 2.37. The Morgan fingerprint density at radius 3 is 2.94 bits per heavy atom. The van der Waals surface area contributed by atoms with E-state index in [0.717, 1.165) is 28.7 Å². The lowest BCUT2D eigenvalue weighted by molar-refractivity contribution is 0.765. The van der Waals surface area contributed by atoms with Crippen LogP contribution in [-0.2, 0) is 13.5 Å². The van der Waals surface area contributed by atoms with Gasteiger partial charge in [-0.2, -0.15) is 5.10 Å². The highest BCUT2D eigenvalue weighted by Crippen LogP contribution is 2.24. The van der Waals surface area contributed by atoms with E-state index in [0.29, 0.717) is 0 Å². The normalized spacial score (nSPS) is 10.8. The fourth-order valence-electron chi connectivity index (χ4n) is 1.86. The van der Waals surface area contributed by atoms with Gasteiger partial charge >= 0.3 is 0 Å². The van der Waals surface area contributed by atoms with Crippen LogP contribution < -0.4 is 5.32 Å². The van der Waals surface area contributed by atoms with E-state index in [1.807, 2.05) is 30.9 Å². The lowest BCUT2D eigenvalue weighted by Crippen LogP contribution is -2.10. The van der Waals surface area contributed by atoms with Gasteiger partial charge in [0.1, 0.15) is 0 Å². The molecule has 0 saturated carbocycles. The van der Waals surface area contributed by atoms with Crippen LogP contribution in [0.1, 0.15) is 5.56 Å². The van der Waals surface area contributed by atoms with Crippen LogP contribution in [0.2, 0.25) is 0 Å². The van der Waals surface area contributed by atoms with E-state index in [9.17, 15) is 0 Å². The van der Waals surface area contributed by atoms with Crippen LogP contribution in [0.3, 0.4) is 0 Å². The van der Waals surface area contributed by atoms with E-state index in [2.05, 4.69) is 44.7 Å². The molecule has 0 aliphatic carbocycles. The molecule has 3 nitrogen and oxygen atoms in total. The smallest absolute Gasteiger partial charge is 0.0955 e. The largest absolute Gasteiger partial charge is 0.319 e. The van der Waals surface area contributed by atoms with Gasteiger partial charge in [0.25, 0.3) is 0 Å². The molecular formula is C13H16BrN3. The first-order chi connectivity index (χ1) is 8.20. The third kappa shape index (κ3) is 2.96. The molecule has 1 aromatic carbocycles. The Labute approximate surface area is 110 Å². The molecule has 0 fully saturated rings. The summed E-state index contributed by atoms with van der Waals surface area (Å²) in [5.74, 6) is 0. The van der Waals surface area contributed by atoms with Gasteiger partial charge in [0, 0.05) is 23.3 Å². The SMILES string of the molecule is CNCCc1cn(C)nc1-c1cccc(Br)c1. The van der Waals surface area contributed by atoms with Crippen LogP contribution in [-0.4, -0.2) is 23.4 Å². The molecule has 90 valence electrons. The van der Waals surface area contributed by atoms with E-state index in [4.69, 9.17) is 0 Å². The van der Waals surface area contributed by atoms with Crippen molar-refractivity contribution in [2.45, 2.75) is 6.42 Å². The van der Waals surface area contributed by atoms with Crippen LogP contribution in [0.4, 0.5) is 0 Å². The van der Waals surface area contributed by atoms with E-state index in [-0.39, 0.29) is 0 Å². The maximum atomic E-state index is 4.54. The molecule has 0 atom stereocenters. The molecule has 0 unspecified atom stereocenters. The lowest BCUT2D eigenvalue weighted by Gasteiger charge is -2.02. The molecule has 0 aliphatic rings. The summed E-state index contributed by atoms with van der Waals surface area (Å²) in [6.45, 7) is 0.965. The minimum atomic E-state index is 0.965. The van der Waals surface area contributed by atoms with Crippen molar-refractivity contribution in [2.24, 2.45) is 7.05 Å². The number of benzene rings is 1. The Hall–Kier alpha value is -1.13. The quantitative estimate of drug-likeness (QED) is 0.939. The molecular weight excluding hydrogens is 278 g/mol. The standard InChI is InChI=1S/C13H16BrN3/c1-15-7-6-11-9-17(2)16-13(11)10-4-3-5-12(14)8-10/h3-5,8-9,15H,6-7H2,1-2H3. The molecule has 0 radical (unpaired) electrons. The fourth-order valence-corrected chi connectivity index (χ4v) is 2.26. The number of hydrogen-bond acceptors (Lipinski definition) is 2. The Bertz CT molecular complexity index is 505. The highest BCUT2D eigenvalue weighted by molar-refractivity contribution is 9.10. The number of nitrogens with one attached hydrogen (secondary N) is 1. The van der Waals surface area contributed by atoms with E-state index in [1.165, 1.54) is 5.56 Å². The first kappa shape index (κ1) is 12.3. The molecule has 2 aromatic rings. The van der Waals surface area contributed by atoms with Crippen LogP contribution in [0.15, 0.2) is 34.9 Å². The molecule has 0 bridgehead atoms. The Morgan fingerprint density at radius 1 is 1.41 bits per heavy atom. The average molecular weight is 294 g/mol. The highest BCUT2D eigenvalue weighted by atomic mass is 79.9. The van der Waals surface area contributed by atoms with Crippen molar-refractivity contribution >= 4 is 15.9 Å². The fraction of sp³-hybridized carbons (Fsp3) is 0.308. The van der Waals surface area contributed by atoms with Gasteiger partial charge in [0.15, 0.2) is 0 Å². The van der Waals surface area contributed by atoms with Crippen molar-refractivity contribution in [3.05, 3.63) is 40.5 Å². The van der Waals surface area contributed by atoms with Crippen LogP contribution in [0, 0.1) is 0 Å². The molecule has 0 amide bonds. The second-order valence-electron chi connectivity index (χ2n) is 4.04. The maximum absolute atomic E-state index is 4.54. The molecule has 1 heterocycles. The number of rotatable bonds is 4. The zero-order valence-electron chi connectivity index (χ0n) is 10.1. The first-order valence-corrected chi connectivity index (χ1v) is 6.43. The third-order valence-corrected chi connectivity index (χ3v) is 3.14. The monoisotopic (exact) mass is 293 g/mol. The average Bonchev–Trinajstić information content (AvgIpc) is 2.68. The summed E-state index contributed by atoms with van der Waals surface area (Å²) in [4.78, 5) is 0. The second-order valence-corrected chi connectivity index (χ2v) is 4.96. The van der Waals surface area contributed by atoms with Gasteiger partial charge in [-0.1, -0.05) is 28.1 Å². The van der Waals surface area contributed by atoms with Gasteiger partial charge in [-0.15, -0.1) is 0 Å². The van der Waals surface area contributed by atoms with Gasteiger partial charge in [-0.05, 0) is 37.7 Å². The topological polar surface area (TPSA) is 29.9 Å². The number of aryl methyl sites for hydroxylation is 1. The summed E-state index contributed by atoms with van der Waals surface area (Å²) in [7, 11) is 3.93. The van der Waals surface area contributed by atoms with Crippen molar-refractivity contribution < 1.29 is 0 Å². The van der Waals surface area contributed by atoms with Gasteiger partial charge in [-0.3, -0.25) is 4.68 Å². The number of aromatic nitrogens is 2. The summed E-state index contributed by atoms with van der Waals surface area (Å²) >= 11 is 3.50. The zero-order chi connectivity index (χ0) is 12.3. The Morgan fingerprint density at radius 2 is 2.24 bits per heavy atom. The lowest BCUT2D eigenvalue weighted by atomic mass is 10.1. The minimum absolute atomic E-state index is 0.965. The molecule has 0 saturated heterocycles. The number of hydrogen-bond donors (Lipinski definition) is 1. The number of likely N-dealkylation sites (N-methyl/N-ethyl adjacent to an activating group) is 1. The van der Waals surface area contributed by atoms with E-state index >= 15 is 0 Å². The number of nitrogens with zero attached hydrogens (tertiary/aromatic N) is 2. The van der Waals surface area contributed by atoms with E-state index in [1.54, 1.807) is 0 Å². The summed E-state index contributed by atoms with van der Waals surface area (Å²) < 4.78 is 2.96. The second kappa shape index (κ2) is 5.47. The van der Waals surface area contributed by atoms with Gasteiger partial charge in [0.05, 0.1) is 5.69 Å². The summed E-state index contributed by atoms with van der Waals surface area (Å²) in [6.07, 6.45) is 3.08. The first-order valence-electron chi connectivity index (χ1n) is 5.64. The van der Waals surface area contributed by atoms with Gasteiger partial charge in [0.2, 0.25) is 0 Å². The predicted molar refractivity (Wildman–Crippen MR) is 74.0 cm³/mol. The number of halogens is 1. The summed E-state index contributed by atoms with van der Waals surface area (Å²) in [5.41, 5.74) is 3.51. The van der Waals surface area contributed by atoms with Gasteiger partial charge < -0.3 is 5.32 Å². The minimum Gasteiger partial charge on any atom is -0.319 e. The van der Waals surface area contributed by atoms with Crippen molar-refractivity contribution in [1.29, 1.82) is 0 Å². The maximum Gasteiger partial charge on any atom is 0.0955 e. The molecule has 0 aliphatic heterocycles. The summed E-state index contributed by atoms with van der Waals surface area (Å²) in [5, 5.41) is 7.71. The molecule has 0 spiro atoms. The van der Waals surface area contributed by atoms with Crippen molar-refractivity contribution in [1.82, 2.24) is 15.1 Å². The molecule has 2 rings (SSSR count). The zero-order valence-corrected chi connectivity index (χ0v) is 11.7. The van der Waals surface area contributed by atoms with Crippen LogP contribution in [0.5, 0.6) is 0 Å². The molecule has 17 heavy (non-hydrogen) atoms. The van der Waals surface area contributed by atoms with Gasteiger partial charge in [-0.25, -0.2) is 0 Å². The Kier molecular flexibility index (Phi) is 3.97. The van der Waals surface area contributed by atoms with E-state index < -0.39 is 0 Å². The molecule has 1 aromatic heterocycles. The van der Waals surface area contributed by atoms with Crippen molar-refractivity contribution in [3.63, 3.8) is 0 Å². The highest BCUT2D eigenvalue weighted by Gasteiger charge is 2.09. The van der Waals surface area contributed by atoms with Crippen molar-refractivity contribution in [2.75, 3.05) is 13.6 Å². The third-order valence-electron chi connectivity index (χ3n) is 2.65. The van der Waals surface area contributed by atoms with Crippen LogP contribution in [0.25, 0.3) is 11.3 Å². The molecule has 1 N–H and O–H groups in total. The summed E-state index contributed by atoms with van der Waals surface area (Å²) in [6, 6.07) is 8.26.